The van der Waals surface area contributed by atoms with Crippen LogP contribution in [0.15, 0.2) is 0 Å². The number of hydrogen-bond donors (Lipinski definition) is 0. The Morgan fingerprint density at radius 3 is 2.56 bits per heavy atom. The molecule has 1 aliphatic rings. The summed E-state index contributed by atoms with van der Waals surface area (Å²) in [7, 11) is 1.71. The van der Waals surface area contributed by atoms with E-state index in [1.165, 1.54) is 25.7 Å². The fourth-order valence-corrected chi connectivity index (χ4v) is 3.11. The number of carbonyl (C=O) groups is 1. The fraction of sp³-hybridized carbons (Fsp3) is 0.923. The summed E-state index contributed by atoms with van der Waals surface area (Å²) >= 11 is 1.86. The van der Waals surface area contributed by atoms with Gasteiger partial charge in [0.15, 0.2) is 0 Å². The van der Waals surface area contributed by atoms with Crippen LogP contribution in [-0.4, -0.2) is 29.5 Å². The molecule has 0 aliphatic heterocycles. The third-order valence-electron chi connectivity index (χ3n) is 3.34. The highest BCUT2D eigenvalue weighted by Gasteiger charge is 2.20. The average molecular weight is 244 g/mol. The standard InChI is InChI=1S/C13H24O2S/c1-13(2,15-3)9-8-11(14)10-16-12-6-4-5-7-12/h12H,4-10H2,1-3H3. The number of ketones is 1. The second kappa shape index (κ2) is 6.65. The van der Waals surface area contributed by atoms with Crippen LogP contribution in [0.4, 0.5) is 0 Å². The Bertz CT molecular complexity index is 220. The first-order chi connectivity index (χ1) is 7.53. The van der Waals surface area contributed by atoms with Crippen molar-refractivity contribution in [3.8, 4) is 0 Å². The van der Waals surface area contributed by atoms with E-state index in [4.69, 9.17) is 4.74 Å². The Balaban J connectivity index is 2.10. The molecule has 0 bridgehead atoms. The first-order valence-corrected chi connectivity index (χ1v) is 7.27. The lowest BCUT2D eigenvalue weighted by Crippen LogP contribution is -2.23. The Labute approximate surface area is 104 Å². The first-order valence-electron chi connectivity index (χ1n) is 6.22. The van der Waals surface area contributed by atoms with Crippen molar-refractivity contribution >= 4 is 17.5 Å². The van der Waals surface area contributed by atoms with Crippen molar-refractivity contribution < 1.29 is 9.53 Å². The van der Waals surface area contributed by atoms with Gasteiger partial charge in [0.25, 0.3) is 0 Å². The zero-order chi connectivity index (χ0) is 12.0. The van der Waals surface area contributed by atoms with Gasteiger partial charge < -0.3 is 4.74 Å². The molecule has 1 aliphatic carbocycles. The van der Waals surface area contributed by atoms with E-state index < -0.39 is 0 Å². The molecule has 0 spiro atoms. The highest BCUT2D eigenvalue weighted by Crippen LogP contribution is 2.29. The van der Waals surface area contributed by atoms with E-state index in [0.29, 0.717) is 18.0 Å². The highest BCUT2D eigenvalue weighted by molar-refractivity contribution is 8.00. The lowest BCUT2D eigenvalue weighted by molar-refractivity contribution is -0.118. The number of methoxy groups -OCH3 is 1. The largest absolute Gasteiger partial charge is 0.379 e. The molecule has 0 radical (unpaired) electrons. The van der Waals surface area contributed by atoms with Gasteiger partial charge in [-0.2, -0.15) is 11.8 Å². The molecule has 3 heteroatoms. The van der Waals surface area contributed by atoms with Crippen molar-refractivity contribution in [3.05, 3.63) is 0 Å². The maximum absolute atomic E-state index is 11.7. The topological polar surface area (TPSA) is 26.3 Å². The molecule has 16 heavy (non-hydrogen) atoms. The van der Waals surface area contributed by atoms with Crippen molar-refractivity contribution in [2.24, 2.45) is 0 Å². The maximum atomic E-state index is 11.7. The molecule has 0 aromatic carbocycles. The van der Waals surface area contributed by atoms with Crippen LogP contribution in [-0.2, 0) is 9.53 Å². The Morgan fingerprint density at radius 2 is 2.00 bits per heavy atom. The van der Waals surface area contributed by atoms with Crippen LogP contribution in [0.25, 0.3) is 0 Å². The van der Waals surface area contributed by atoms with Crippen LogP contribution in [0.1, 0.15) is 52.4 Å². The van der Waals surface area contributed by atoms with Gasteiger partial charge >= 0.3 is 0 Å². The fourth-order valence-electron chi connectivity index (χ4n) is 1.88. The molecule has 0 aromatic rings. The molecular weight excluding hydrogens is 220 g/mol. The molecule has 2 nitrogen and oxygen atoms in total. The summed E-state index contributed by atoms with van der Waals surface area (Å²) in [6, 6.07) is 0. The quantitative estimate of drug-likeness (QED) is 0.686. The summed E-state index contributed by atoms with van der Waals surface area (Å²) in [6.07, 6.45) is 6.79. The van der Waals surface area contributed by atoms with Gasteiger partial charge in [-0.25, -0.2) is 0 Å². The van der Waals surface area contributed by atoms with Crippen molar-refractivity contribution in [3.63, 3.8) is 0 Å². The van der Waals surface area contributed by atoms with Gasteiger partial charge in [0.2, 0.25) is 0 Å². The van der Waals surface area contributed by atoms with E-state index in [2.05, 4.69) is 0 Å². The third kappa shape index (κ3) is 5.35. The van der Waals surface area contributed by atoms with Crippen LogP contribution in [0, 0.1) is 0 Å². The highest BCUT2D eigenvalue weighted by atomic mass is 32.2. The minimum absolute atomic E-state index is 0.159. The van der Waals surface area contributed by atoms with Crippen molar-refractivity contribution in [1.29, 1.82) is 0 Å². The van der Waals surface area contributed by atoms with Crippen molar-refractivity contribution in [2.75, 3.05) is 12.9 Å². The number of ether oxygens (including phenoxy) is 1. The van der Waals surface area contributed by atoms with E-state index in [0.717, 1.165) is 11.7 Å². The number of thioether (sulfide) groups is 1. The summed E-state index contributed by atoms with van der Waals surface area (Å²) in [5, 5.41) is 0.749. The predicted octanol–water partition coefficient (Wildman–Crippen LogP) is 3.44. The lowest BCUT2D eigenvalue weighted by atomic mass is 10.0. The van der Waals surface area contributed by atoms with Gasteiger partial charge in [-0.3, -0.25) is 4.79 Å². The van der Waals surface area contributed by atoms with Gasteiger partial charge in [0.1, 0.15) is 5.78 Å². The van der Waals surface area contributed by atoms with Crippen LogP contribution in [0.3, 0.4) is 0 Å². The minimum Gasteiger partial charge on any atom is -0.379 e. The lowest BCUT2D eigenvalue weighted by Gasteiger charge is -2.22. The molecule has 1 fully saturated rings. The summed E-state index contributed by atoms with van der Waals surface area (Å²) in [6.45, 7) is 4.06. The molecule has 0 atom stereocenters. The maximum Gasteiger partial charge on any atom is 0.142 e. The normalized spacial score (nSPS) is 17.9. The van der Waals surface area contributed by atoms with Crippen LogP contribution in [0.5, 0.6) is 0 Å². The molecule has 1 rings (SSSR count). The van der Waals surface area contributed by atoms with Crippen LogP contribution in [0.2, 0.25) is 0 Å². The van der Waals surface area contributed by atoms with Gasteiger partial charge in [0, 0.05) is 18.8 Å². The first kappa shape index (κ1) is 14.0. The zero-order valence-electron chi connectivity index (χ0n) is 10.8. The average Bonchev–Trinajstić information content (AvgIpc) is 2.76. The molecule has 0 unspecified atom stereocenters. The Kier molecular flexibility index (Phi) is 5.84. The molecule has 94 valence electrons. The molecule has 0 aromatic heterocycles. The van der Waals surface area contributed by atoms with E-state index in [1.54, 1.807) is 7.11 Å². The van der Waals surface area contributed by atoms with Gasteiger partial charge in [0.05, 0.1) is 11.4 Å². The second-order valence-corrected chi connectivity index (χ2v) is 6.51. The summed E-state index contributed by atoms with van der Waals surface area (Å²) < 4.78 is 5.31. The van der Waals surface area contributed by atoms with Crippen LogP contribution < -0.4 is 0 Å². The second-order valence-electron chi connectivity index (χ2n) is 5.22. The predicted molar refractivity (Wildman–Crippen MR) is 70.0 cm³/mol. The van der Waals surface area contributed by atoms with E-state index in [9.17, 15) is 4.79 Å². The third-order valence-corrected chi connectivity index (χ3v) is 4.77. The monoisotopic (exact) mass is 244 g/mol. The Morgan fingerprint density at radius 1 is 1.38 bits per heavy atom. The molecular formula is C13H24O2S. The summed E-state index contributed by atoms with van der Waals surface area (Å²) in [5.41, 5.74) is -0.159. The number of Topliss-reactive ketones (excluding diaryl/α,β-unsaturated/α-hetero) is 1. The summed E-state index contributed by atoms with van der Waals surface area (Å²) in [5.74, 6) is 1.08. The number of carbonyl (C=O) groups excluding carboxylic acids is 1. The molecule has 0 amide bonds. The van der Waals surface area contributed by atoms with Gasteiger partial charge in [-0.05, 0) is 33.1 Å². The van der Waals surface area contributed by atoms with E-state index in [-0.39, 0.29) is 5.60 Å². The molecule has 0 N–H and O–H groups in total. The Hall–Kier alpha value is -0.0200. The number of rotatable bonds is 7. The smallest absolute Gasteiger partial charge is 0.142 e. The van der Waals surface area contributed by atoms with Gasteiger partial charge in [-0.1, -0.05) is 12.8 Å². The minimum atomic E-state index is -0.159. The van der Waals surface area contributed by atoms with Crippen LogP contribution >= 0.6 is 11.8 Å². The number of hydrogen-bond acceptors (Lipinski definition) is 3. The molecule has 0 saturated heterocycles. The van der Waals surface area contributed by atoms with Crippen molar-refractivity contribution in [2.45, 2.75) is 63.2 Å². The molecule has 1 saturated carbocycles. The zero-order valence-corrected chi connectivity index (χ0v) is 11.6. The van der Waals surface area contributed by atoms with E-state index >= 15 is 0 Å². The van der Waals surface area contributed by atoms with Gasteiger partial charge in [-0.15, -0.1) is 0 Å². The van der Waals surface area contributed by atoms with Crippen molar-refractivity contribution in [1.82, 2.24) is 0 Å². The SMILES string of the molecule is COC(C)(C)CCC(=O)CSC1CCCC1. The molecule has 0 heterocycles. The summed E-state index contributed by atoms with van der Waals surface area (Å²) in [4.78, 5) is 11.7. The van der Waals surface area contributed by atoms with E-state index in [1.807, 2.05) is 25.6 Å².